The minimum Gasteiger partial charge on any atom is -0.508 e. The van der Waals surface area contributed by atoms with Crippen LogP contribution in [0, 0.1) is 0 Å². The van der Waals surface area contributed by atoms with E-state index in [2.05, 4.69) is 0 Å². The van der Waals surface area contributed by atoms with Gasteiger partial charge in [-0.1, -0.05) is 12.1 Å². The normalized spacial score (nSPS) is 22.1. The first-order chi connectivity index (χ1) is 16.9. The summed E-state index contributed by atoms with van der Waals surface area (Å²) in [6.45, 7) is -0.504. The number of aliphatic hydroxyl groups excluding tert-OH is 3. The highest BCUT2D eigenvalue weighted by molar-refractivity contribution is 6.13. The van der Waals surface area contributed by atoms with Crippen LogP contribution >= 0.6 is 0 Å². The maximum Gasteiger partial charge on any atom is 0.229 e. The number of phenolic OH excluding ortho intramolecular Hbond substituents is 2. The lowest BCUT2D eigenvalue weighted by Crippen LogP contribution is -2.35. The summed E-state index contributed by atoms with van der Waals surface area (Å²) >= 11 is 0. The van der Waals surface area contributed by atoms with Crippen molar-refractivity contribution in [3.63, 3.8) is 0 Å². The van der Waals surface area contributed by atoms with Gasteiger partial charge in [0.05, 0.1) is 26.2 Å². The molecule has 1 fully saturated rings. The van der Waals surface area contributed by atoms with Gasteiger partial charge in [0.25, 0.3) is 0 Å². The largest absolute Gasteiger partial charge is 0.508 e. The first kappa shape index (κ1) is 23.1. The Bertz CT molecular complexity index is 1380. The Morgan fingerprint density at radius 1 is 0.914 bits per heavy atom. The van der Waals surface area contributed by atoms with E-state index in [1.54, 1.807) is 30.3 Å². The monoisotopic (exact) mass is 484 g/mol. The summed E-state index contributed by atoms with van der Waals surface area (Å²) in [6, 6.07) is 11.2. The van der Waals surface area contributed by atoms with Gasteiger partial charge in [-0.3, -0.25) is 0 Å². The number of hydrogen-bond donors (Lipinski definition) is 5. The van der Waals surface area contributed by atoms with Gasteiger partial charge < -0.3 is 48.9 Å². The molecule has 0 unspecified atom stereocenters. The van der Waals surface area contributed by atoms with Crippen LogP contribution in [0.25, 0.3) is 33.1 Å². The average molecular weight is 484 g/mol. The van der Waals surface area contributed by atoms with Gasteiger partial charge in [-0.05, 0) is 29.8 Å². The Morgan fingerprint density at radius 2 is 1.66 bits per heavy atom. The van der Waals surface area contributed by atoms with E-state index < -0.39 is 31.2 Å². The molecule has 0 spiro atoms. The van der Waals surface area contributed by atoms with Crippen LogP contribution in [-0.2, 0) is 4.74 Å². The van der Waals surface area contributed by atoms with Crippen LogP contribution in [0.15, 0.2) is 46.9 Å². The number of phenols is 2. The van der Waals surface area contributed by atoms with Crippen molar-refractivity contribution in [2.24, 2.45) is 0 Å². The first-order valence-electron chi connectivity index (χ1n) is 10.8. The third kappa shape index (κ3) is 3.76. The van der Waals surface area contributed by atoms with Crippen LogP contribution < -0.4 is 14.2 Å². The highest BCUT2D eigenvalue weighted by atomic mass is 16.7. The quantitative estimate of drug-likeness (QED) is 0.276. The minimum atomic E-state index is -1.43. The number of methoxy groups -OCH3 is 2. The predicted octanol–water partition coefficient (Wildman–Crippen LogP) is 2.50. The van der Waals surface area contributed by atoms with Crippen molar-refractivity contribution in [3.8, 4) is 39.9 Å². The highest BCUT2D eigenvalue weighted by Gasteiger charge is 2.44. The molecule has 4 atom stereocenters. The average Bonchev–Trinajstić information content (AvgIpc) is 3.35. The van der Waals surface area contributed by atoms with Crippen molar-refractivity contribution in [1.29, 1.82) is 0 Å². The van der Waals surface area contributed by atoms with Gasteiger partial charge in [0.1, 0.15) is 35.4 Å². The van der Waals surface area contributed by atoms with E-state index in [9.17, 15) is 25.5 Å². The van der Waals surface area contributed by atoms with Crippen LogP contribution in [0.3, 0.4) is 0 Å². The van der Waals surface area contributed by atoms with E-state index in [4.69, 9.17) is 23.4 Å². The lowest BCUT2D eigenvalue weighted by molar-refractivity contribution is -0.117. The highest BCUT2D eigenvalue weighted by Crippen LogP contribution is 2.48. The number of rotatable bonds is 6. The molecule has 0 bridgehead atoms. The number of furan rings is 1. The molecule has 1 saturated heterocycles. The molecule has 35 heavy (non-hydrogen) atoms. The number of benzene rings is 3. The first-order valence-corrected chi connectivity index (χ1v) is 10.8. The second-order valence-electron chi connectivity index (χ2n) is 8.15. The van der Waals surface area contributed by atoms with Crippen molar-refractivity contribution >= 4 is 21.9 Å². The van der Waals surface area contributed by atoms with Crippen LogP contribution in [0.1, 0.15) is 0 Å². The molecular formula is C25H24O10. The fourth-order valence-corrected chi connectivity index (χ4v) is 4.31. The molecule has 10 nitrogen and oxygen atoms in total. The van der Waals surface area contributed by atoms with Crippen molar-refractivity contribution < 1.29 is 48.9 Å². The van der Waals surface area contributed by atoms with E-state index in [1.807, 2.05) is 0 Å². The fraction of sp³-hybridized carbons (Fsp3) is 0.280. The zero-order valence-electron chi connectivity index (χ0n) is 18.8. The fourth-order valence-electron chi connectivity index (χ4n) is 4.31. The van der Waals surface area contributed by atoms with Gasteiger partial charge >= 0.3 is 0 Å². The van der Waals surface area contributed by atoms with E-state index in [1.165, 1.54) is 26.4 Å². The van der Waals surface area contributed by atoms with Gasteiger partial charge in [0, 0.05) is 17.0 Å². The minimum absolute atomic E-state index is 0.0290. The molecule has 5 N–H and O–H groups in total. The van der Waals surface area contributed by atoms with Gasteiger partial charge in [0.2, 0.25) is 6.29 Å². The summed E-state index contributed by atoms with van der Waals surface area (Å²) in [6.07, 6.45) is -5.08. The molecule has 1 aliphatic heterocycles. The molecule has 1 aromatic heterocycles. The molecular weight excluding hydrogens is 460 g/mol. The molecule has 184 valence electrons. The van der Waals surface area contributed by atoms with Crippen molar-refractivity contribution in [1.82, 2.24) is 0 Å². The van der Waals surface area contributed by atoms with Gasteiger partial charge in [-0.25, -0.2) is 0 Å². The second kappa shape index (κ2) is 8.82. The SMILES string of the molecule is COc1c(-c2ccc(O)cc2)cc(OC)c2c1oc1cc(O)c(O[C@@H]3O[C@@H](CO)[C@@H](O)[C@@H]3O)cc12. The van der Waals surface area contributed by atoms with Crippen LogP contribution in [0.5, 0.6) is 28.7 Å². The third-order valence-electron chi connectivity index (χ3n) is 6.09. The second-order valence-corrected chi connectivity index (χ2v) is 8.15. The molecule has 2 heterocycles. The lowest BCUT2D eigenvalue weighted by atomic mass is 10.0. The van der Waals surface area contributed by atoms with Crippen LogP contribution in [-0.4, -0.2) is 71.0 Å². The Kier molecular flexibility index (Phi) is 5.81. The number of fused-ring (bicyclic) bond motifs is 3. The van der Waals surface area contributed by atoms with Crippen molar-refractivity contribution in [2.45, 2.75) is 24.6 Å². The molecule has 0 aliphatic carbocycles. The summed E-state index contributed by atoms with van der Waals surface area (Å²) in [7, 11) is 3.02. The maximum absolute atomic E-state index is 10.6. The number of hydrogen-bond acceptors (Lipinski definition) is 10. The molecule has 5 rings (SSSR count). The molecule has 4 aromatic rings. The molecule has 1 aliphatic rings. The van der Waals surface area contributed by atoms with Crippen LogP contribution in [0.2, 0.25) is 0 Å². The summed E-state index contributed by atoms with van der Waals surface area (Å²) in [4.78, 5) is 0. The molecule has 3 aromatic carbocycles. The van der Waals surface area contributed by atoms with Gasteiger partial charge in [-0.15, -0.1) is 0 Å². The Labute approximate surface area is 199 Å². The number of ether oxygens (including phenoxy) is 4. The molecule has 0 amide bonds. The van der Waals surface area contributed by atoms with E-state index in [0.29, 0.717) is 39.0 Å². The molecule has 10 heteroatoms. The topological polar surface area (TPSA) is 151 Å². The number of aromatic hydroxyl groups is 2. The molecule has 0 saturated carbocycles. The standard InChI is InChI=1S/C25H24O10/c1-31-18-7-13(11-3-5-12(27)6-4-11)23(32-2)24-20(18)14-8-17(15(28)9-16(14)33-24)34-25-22(30)21(29)19(10-26)35-25/h3-9,19,21-22,25-30H,10H2,1-2H3/t19-,21+,22-,25+/m0/s1. The summed E-state index contributed by atoms with van der Waals surface area (Å²) < 4.78 is 28.4. The predicted molar refractivity (Wildman–Crippen MR) is 124 cm³/mol. The summed E-state index contributed by atoms with van der Waals surface area (Å²) in [5.74, 6) is 0.701. The zero-order valence-corrected chi connectivity index (χ0v) is 18.8. The Morgan fingerprint density at radius 3 is 2.29 bits per heavy atom. The van der Waals surface area contributed by atoms with Crippen LogP contribution in [0.4, 0.5) is 0 Å². The Hall–Kier alpha value is -3.70. The smallest absolute Gasteiger partial charge is 0.229 e. The lowest BCUT2D eigenvalue weighted by Gasteiger charge is -2.17. The van der Waals surface area contributed by atoms with E-state index >= 15 is 0 Å². The number of aliphatic hydroxyl groups is 3. The summed E-state index contributed by atoms with van der Waals surface area (Å²) in [5, 5.41) is 50.8. The van der Waals surface area contributed by atoms with Crippen molar-refractivity contribution in [3.05, 3.63) is 42.5 Å². The summed E-state index contributed by atoms with van der Waals surface area (Å²) in [5.41, 5.74) is 2.12. The van der Waals surface area contributed by atoms with E-state index in [-0.39, 0.29) is 17.2 Å². The Balaban J connectivity index is 1.65. The van der Waals surface area contributed by atoms with Gasteiger partial charge in [0.15, 0.2) is 22.8 Å². The van der Waals surface area contributed by atoms with Crippen molar-refractivity contribution in [2.75, 3.05) is 20.8 Å². The zero-order chi connectivity index (χ0) is 24.9. The molecule has 0 radical (unpaired) electrons. The van der Waals surface area contributed by atoms with Gasteiger partial charge in [-0.2, -0.15) is 0 Å². The van der Waals surface area contributed by atoms with E-state index in [0.717, 1.165) is 5.56 Å². The maximum atomic E-state index is 10.6. The third-order valence-corrected chi connectivity index (χ3v) is 6.09.